The highest BCUT2D eigenvalue weighted by Crippen LogP contribution is 2.34. The van der Waals surface area contributed by atoms with Gasteiger partial charge in [-0.15, -0.1) is 13.2 Å². The van der Waals surface area contributed by atoms with Crippen LogP contribution in [-0.4, -0.2) is 56.1 Å². The largest absolute Gasteiger partial charge is 0.573 e. The van der Waals surface area contributed by atoms with E-state index in [0.29, 0.717) is 17.7 Å². The van der Waals surface area contributed by atoms with Gasteiger partial charge in [-0.2, -0.15) is 0 Å². The summed E-state index contributed by atoms with van der Waals surface area (Å²) in [5, 5.41) is 11.2. The molecule has 0 bridgehead atoms. The van der Waals surface area contributed by atoms with E-state index in [1.54, 1.807) is 12.1 Å². The van der Waals surface area contributed by atoms with Gasteiger partial charge in [0.05, 0.1) is 6.42 Å². The first-order valence-electron chi connectivity index (χ1n) is 14.7. The smallest absolute Gasteiger partial charge is 0.481 e. The summed E-state index contributed by atoms with van der Waals surface area (Å²) in [5.74, 6) is -3.71. The highest BCUT2D eigenvalue weighted by Gasteiger charge is 2.34. The first-order valence-corrected chi connectivity index (χ1v) is 16.6. The molecule has 0 unspecified atom stereocenters. The van der Waals surface area contributed by atoms with E-state index in [1.165, 1.54) is 30.7 Å². The summed E-state index contributed by atoms with van der Waals surface area (Å²) in [7, 11) is -4.27. The van der Waals surface area contributed by atoms with Crippen molar-refractivity contribution in [3.05, 3.63) is 101 Å². The number of sulfone groups is 1. The van der Waals surface area contributed by atoms with E-state index in [9.17, 15) is 40.8 Å². The van der Waals surface area contributed by atoms with Crippen LogP contribution in [0, 0.1) is 0 Å². The van der Waals surface area contributed by atoms with Gasteiger partial charge in [-0.25, -0.2) is 8.42 Å². The predicted molar refractivity (Wildman–Crippen MR) is 166 cm³/mol. The number of alkyl halides is 3. The van der Waals surface area contributed by atoms with E-state index in [4.69, 9.17) is 5.11 Å². The monoisotopic (exact) mass is 671 g/mol. The van der Waals surface area contributed by atoms with E-state index in [2.05, 4.69) is 10.1 Å². The van der Waals surface area contributed by atoms with E-state index < -0.39 is 50.3 Å². The van der Waals surface area contributed by atoms with Crippen LogP contribution in [0.4, 0.5) is 13.2 Å². The number of allylic oxidation sites excluding steroid dienone is 2. The minimum atomic E-state index is -5.18. The Balaban J connectivity index is 1.70. The molecule has 4 rings (SSSR count). The lowest BCUT2D eigenvalue weighted by atomic mass is 9.83. The molecular formula is C34H32F3NO8S. The molecular weight excluding hydrogens is 639 g/mol. The topological polar surface area (TPSA) is 144 Å². The van der Waals surface area contributed by atoms with Crippen LogP contribution in [0.1, 0.15) is 86.6 Å². The van der Waals surface area contributed by atoms with Crippen molar-refractivity contribution >= 4 is 38.9 Å². The lowest BCUT2D eigenvalue weighted by Crippen LogP contribution is -2.26. The van der Waals surface area contributed by atoms with Crippen molar-refractivity contribution in [2.45, 2.75) is 55.7 Å². The number of ether oxygens (including phenoxy) is 1. The summed E-state index contributed by atoms with van der Waals surface area (Å²) >= 11 is 0. The van der Waals surface area contributed by atoms with Crippen LogP contribution in [0.3, 0.4) is 0 Å². The van der Waals surface area contributed by atoms with Gasteiger partial charge in [0.2, 0.25) is 0 Å². The summed E-state index contributed by atoms with van der Waals surface area (Å²) in [4.78, 5) is 49.5. The van der Waals surface area contributed by atoms with E-state index >= 15 is 0 Å². The molecule has 1 amide bonds. The molecule has 2 N–H and O–H groups in total. The van der Waals surface area contributed by atoms with Crippen molar-refractivity contribution < 1.29 is 50.6 Å². The van der Waals surface area contributed by atoms with Gasteiger partial charge >= 0.3 is 12.3 Å². The number of halogens is 3. The molecule has 248 valence electrons. The molecule has 1 fully saturated rings. The lowest BCUT2D eigenvalue weighted by molar-refractivity contribution is -0.275. The fourth-order valence-electron chi connectivity index (χ4n) is 5.34. The molecule has 0 heterocycles. The highest BCUT2D eigenvalue weighted by atomic mass is 32.2. The summed E-state index contributed by atoms with van der Waals surface area (Å²) in [6.07, 6.45) is 1.69. The number of carbonyl (C=O) groups is 4. The number of Topliss-reactive ketones (excluding diaryl/α,β-unsaturated/α-hetero) is 1. The first-order chi connectivity index (χ1) is 22.1. The van der Waals surface area contributed by atoms with Gasteiger partial charge in [0.1, 0.15) is 10.6 Å². The third-order valence-electron chi connectivity index (χ3n) is 7.71. The summed E-state index contributed by atoms with van der Waals surface area (Å²) in [5.41, 5.74) is 1.37. The quantitative estimate of drug-likeness (QED) is 0.167. The zero-order valence-corrected chi connectivity index (χ0v) is 26.1. The van der Waals surface area contributed by atoms with Crippen molar-refractivity contribution in [1.29, 1.82) is 0 Å². The second-order valence-corrected chi connectivity index (χ2v) is 13.2. The van der Waals surface area contributed by atoms with Gasteiger partial charge in [-0.1, -0.05) is 55.7 Å². The predicted octanol–water partition coefficient (Wildman–Crippen LogP) is 6.39. The molecule has 0 aromatic heterocycles. The zero-order valence-electron chi connectivity index (χ0n) is 25.3. The van der Waals surface area contributed by atoms with Crippen molar-refractivity contribution in [1.82, 2.24) is 5.32 Å². The van der Waals surface area contributed by atoms with Crippen molar-refractivity contribution in [2.24, 2.45) is 0 Å². The SMILES string of the molecule is CS(=O)(=O)c1cc(C(=O)C=C(C(=O)c2ccc(C(=O)NCCC(=O)O)cc2)c2ccc(C3CCCCC3)cc2)ccc1OC(F)(F)F. The third kappa shape index (κ3) is 9.61. The van der Waals surface area contributed by atoms with E-state index in [0.717, 1.165) is 55.5 Å². The maximum absolute atomic E-state index is 13.8. The van der Waals surface area contributed by atoms with Crippen LogP contribution in [-0.2, 0) is 14.6 Å². The van der Waals surface area contributed by atoms with Gasteiger partial charge in [-0.3, -0.25) is 19.2 Å². The first kappa shape index (κ1) is 35.1. The fraction of sp³-hybridized carbons (Fsp3) is 0.294. The molecule has 0 aliphatic heterocycles. The Kier molecular flexibility index (Phi) is 11.0. The van der Waals surface area contributed by atoms with Crippen LogP contribution < -0.4 is 10.1 Å². The molecule has 1 aliphatic rings. The molecule has 0 atom stereocenters. The Hall–Kier alpha value is -4.78. The number of aliphatic carboxylic acids is 1. The summed E-state index contributed by atoms with van der Waals surface area (Å²) < 4.78 is 67.1. The number of carbonyl (C=O) groups excluding carboxylic acids is 3. The minimum Gasteiger partial charge on any atom is -0.481 e. The number of ketones is 2. The number of nitrogens with one attached hydrogen (secondary N) is 1. The van der Waals surface area contributed by atoms with E-state index in [-0.39, 0.29) is 35.2 Å². The van der Waals surface area contributed by atoms with Gasteiger partial charge in [0, 0.05) is 35.1 Å². The second kappa shape index (κ2) is 14.8. The van der Waals surface area contributed by atoms with Crippen LogP contribution in [0.5, 0.6) is 5.75 Å². The number of hydrogen-bond acceptors (Lipinski definition) is 7. The molecule has 1 aliphatic carbocycles. The average molecular weight is 672 g/mol. The molecule has 1 saturated carbocycles. The molecule has 13 heteroatoms. The van der Waals surface area contributed by atoms with Crippen LogP contribution in [0.25, 0.3) is 5.57 Å². The van der Waals surface area contributed by atoms with Gasteiger partial charge in [0.25, 0.3) is 5.91 Å². The molecule has 0 spiro atoms. The highest BCUT2D eigenvalue weighted by molar-refractivity contribution is 7.90. The lowest BCUT2D eigenvalue weighted by Gasteiger charge is -2.22. The zero-order chi connectivity index (χ0) is 34.4. The molecule has 3 aromatic carbocycles. The Morgan fingerprint density at radius 1 is 0.872 bits per heavy atom. The Labute approximate surface area is 269 Å². The molecule has 9 nitrogen and oxygen atoms in total. The third-order valence-corrected chi connectivity index (χ3v) is 8.82. The van der Waals surface area contributed by atoms with Crippen molar-refractivity contribution in [2.75, 3.05) is 12.8 Å². The number of rotatable bonds is 12. The number of amides is 1. The number of benzene rings is 3. The van der Waals surface area contributed by atoms with Gasteiger partial charge in [-0.05, 0) is 66.3 Å². The number of carboxylic acid groups (broad SMARTS) is 1. The average Bonchev–Trinajstić information content (AvgIpc) is 3.02. The maximum Gasteiger partial charge on any atom is 0.573 e. The number of carboxylic acids is 1. The van der Waals surface area contributed by atoms with Crippen molar-refractivity contribution in [3.8, 4) is 5.75 Å². The maximum atomic E-state index is 13.8. The molecule has 47 heavy (non-hydrogen) atoms. The fourth-order valence-corrected chi connectivity index (χ4v) is 6.15. The standard InChI is InChI=1S/C34H32F3NO8S/c1-47(44,45)30-19-26(15-16-29(30)46-34(35,36)37)28(39)20-27(23-9-7-22(8-10-23)21-5-3-2-4-6-21)32(42)24-11-13-25(14-12-24)33(43)38-18-17-31(40)41/h7-16,19-21H,2-6,17-18H2,1H3,(H,38,43)(H,40,41). The number of hydrogen-bond donors (Lipinski definition) is 2. The van der Waals surface area contributed by atoms with Crippen LogP contribution >= 0.6 is 0 Å². The van der Waals surface area contributed by atoms with E-state index in [1.807, 2.05) is 12.1 Å². The van der Waals surface area contributed by atoms with Gasteiger partial charge < -0.3 is 15.2 Å². The molecule has 0 saturated heterocycles. The minimum absolute atomic E-state index is 0.0691. The van der Waals surface area contributed by atoms with Crippen molar-refractivity contribution in [3.63, 3.8) is 0 Å². The molecule has 3 aromatic rings. The normalized spacial score (nSPS) is 14.3. The summed E-state index contributed by atoms with van der Waals surface area (Å²) in [6.45, 7) is -0.0922. The Bertz CT molecular complexity index is 1790. The molecule has 0 radical (unpaired) electrons. The van der Waals surface area contributed by atoms with Crippen LogP contribution in [0.2, 0.25) is 0 Å². The Morgan fingerprint density at radius 3 is 2.02 bits per heavy atom. The van der Waals surface area contributed by atoms with Gasteiger partial charge in [0.15, 0.2) is 21.4 Å². The Morgan fingerprint density at radius 2 is 1.45 bits per heavy atom. The summed E-state index contributed by atoms with van der Waals surface area (Å²) in [6, 6.07) is 15.1. The second-order valence-electron chi connectivity index (χ2n) is 11.2. The van der Waals surface area contributed by atoms with Crippen LogP contribution in [0.15, 0.2) is 77.7 Å².